The molecule has 0 bridgehead atoms. The summed E-state index contributed by atoms with van der Waals surface area (Å²) >= 11 is 0. The summed E-state index contributed by atoms with van der Waals surface area (Å²) in [5, 5.41) is 0. The van der Waals surface area contributed by atoms with Crippen molar-refractivity contribution in [3.63, 3.8) is 0 Å². The van der Waals surface area contributed by atoms with Crippen molar-refractivity contribution in [2.24, 2.45) is 0 Å². The van der Waals surface area contributed by atoms with Crippen molar-refractivity contribution < 1.29 is 0 Å². The molecule has 0 unspecified atom stereocenters. The lowest BCUT2D eigenvalue weighted by atomic mass is 9.96. The van der Waals surface area contributed by atoms with Crippen LogP contribution in [0.15, 0.2) is 24.3 Å². The van der Waals surface area contributed by atoms with Gasteiger partial charge >= 0.3 is 0 Å². The summed E-state index contributed by atoms with van der Waals surface area (Å²) in [4.78, 5) is 0. The number of hydrogen-bond acceptors (Lipinski definition) is 0. The first-order valence-corrected chi connectivity index (χ1v) is 4.93. The maximum absolute atomic E-state index is 5.28. The van der Waals surface area contributed by atoms with Gasteiger partial charge in [0.1, 0.15) is 0 Å². The molecule has 66 valence electrons. The van der Waals surface area contributed by atoms with Gasteiger partial charge in [0, 0.05) is 6.42 Å². The monoisotopic (exact) mass is 170 g/mol. The highest BCUT2D eigenvalue weighted by Crippen LogP contribution is 2.35. The predicted molar refractivity (Wildman–Crippen MR) is 55.6 cm³/mol. The molecule has 13 heavy (non-hydrogen) atoms. The minimum Gasteiger partial charge on any atom is -0.120 e. The third-order valence-electron chi connectivity index (χ3n) is 2.89. The van der Waals surface area contributed by atoms with Crippen molar-refractivity contribution in [2.45, 2.75) is 31.6 Å². The summed E-state index contributed by atoms with van der Waals surface area (Å²) < 4.78 is 0. The zero-order valence-electron chi connectivity index (χ0n) is 7.79. The molecule has 0 heterocycles. The summed E-state index contributed by atoms with van der Waals surface area (Å²) in [5.41, 5.74) is 3.07. The summed E-state index contributed by atoms with van der Waals surface area (Å²) in [6.07, 6.45) is 9.89. The van der Waals surface area contributed by atoms with E-state index < -0.39 is 0 Å². The van der Waals surface area contributed by atoms with Gasteiger partial charge in [-0.3, -0.25) is 0 Å². The predicted octanol–water partition coefficient (Wildman–Crippen LogP) is 3.13. The van der Waals surface area contributed by atoms with Gasteiger partial charge in [-0.05, 0) is 36.3 Å². The topological polar surface area (TPSA) is 0 Å². The largest absolute Gasteiger partial charge is 0.120 e. The Morgan fingerprint density at radius 3 is 3.08 bits per heavy atom. The van der Waals surface area contributed by atoms with Crippen LogP contribution in [0.5, 0.6) is 0 Å². The first kappa shape index (κ1) is 8.38. The number of aryl methyl sites for hydroxylation is 1. The standard InChI is InChI=1S/C13H14/c1-2-3-6-11-9-10-12-7-4-5-8-13(11)12/h1,4-5,7-8,11H,3,6,9-10H2/t11-/m1/s1. The maximum Gasteiger partial charge on any atom is 0.00918 e. The molecular formula is C13H14. The van der Waals surface area contributed by atoms with E-state index in [1.54, 1.807) is 0 Å². The van der Waals surface area contributed by atoms with Gasteiger partial charge < -0.3 is 0 Å². The van der Waals surface area contributed by atoms with E-state index >= 15 is 0 Å². The molecule has 2 rings (SSSR count). The molecule has 0 heteroatoms. The molecule has 0 aromatic heterocycles. The van der Waals surface area contributed by atoms with Crippen LogP contribution in [0.3, 0.4) is 0 Å². The first-order valence-electron chi connectivity index (χ1n) is 4.93. The van der Waals surface area contributed by atoms with E-state index in [9.17, 15) is 0 Å². The van der Waals surface area contributed by atoms with Crippen LogP contribution < -0.4 is 0 Å². The highest BCUT2D eigenvalue weighted by atomic mass is 14.2. The van der Waals surface area contributed by atoms with Gasteiger partial charge in [-0.25, -0.2) is 0 Å². The van der Waals surface area contributed by atoms with Crippen molar-refractivity contribution in [1.29, 1.82) is 0 Å². The van der Waals surface area contributed by atoms with Gasteiger partial charge in [-0.2, -0.15) is 0 Å². The SMILES string of the molecule is C#CCC[C@@H]1CCc2ccccc21. The van der Waals surface area contributed by atoms with E-state index in [0.717, 1.165) is 18.8 Å². The molecule has 0 saturated heterocycles. The molecule has 1 aromatic rings. The minimum atomic E-state index is 0.729. The first-order chi connectivity index (χ1) is 6.42. The van der Waals surface area contributed by atoms with Crippen LogP contribution in [0.4, 0.5) is 0 Å². The summed E-state index contributed by atoms with van der Waals surface area (Å²) in [7, 11) is 0. The van der Waals surface area contributed by atoms with Crippen LogP contribution in [-0.2, 0) is 6.42 Å². The van der Waals surface area contributed by atoms with Crippen LogP contribution in [0.1, 0.15) is 36.3 Å². The third kappa shape index (κ3) is 1.60. The van der Waals surface area contributed by atoms with Gasteiger partial charge in [-0.15, -0.1) is 12.3 Å². The van der Waals surface area contributed by atoms with Crippen molar-refractivity contribution in [3.05, 3.63) is 35.4 Å². The fraction of sp³-hybridized carbons (Fsp3) is 0.385. The van der Waals surface area contributed by atoms with Crippen LogP contribution >= 0.6 is 0 Å². The molecule has 0 spiro atoms. The highest BCUT2D eigenvalue weighted by molar-refractivity contribution is 5.34. The van der Waals surface area contributed by atoms with Gasteiger partial charge in [0.15, 0.2) is 0 Å². The number of hydrogen-bond donors (Lipinski definition) is 0. The second-order valence-corrected chi connectivity index (χ2v) is 3.68. The van der Waals surface area contributed by atoms with Crippen LogP contribution in [-0.4, -0.2) is 0 Å². The van der Waals surface area contributed by atoms with Crippen molar-refractivity contribution in [1.82, 2.24) is 0 Å². The van der Waals surface area contributed by atoms with Gasteiger partial charge in [-0.1, -0.05) is 24.3 Å². The zero-order chi connectivity index (χ0) is 9.10. The maximum atomic E-state index is 5.28. The number of benzene rings is 1. The lowest BCUT2D eigenvalue weighted by Gasteiger charge is -2.08. The van der Waals surface area contributed by atoms with Gasteiger partial charge in [0.05, 0.1) is 0 Å². The normalized spacial score (nSPS) is 19.5. The van der Waals surface area contributed by atoms with Gasteiger partial charge in [0.2, 0.25) is 0 Å². The molecule has 0 nitrogen and oxygen atoms in total. The van der Waals surface area contributed by atoms with Crippen molar-refractivity contribution in [3.8, 4) is 12.3 Å². The number of rotatable bonds is 2. The molecular weight excluding hydrogens is 156 g/mol. The van der Waals surface area contributed by atoms with Crippen LogP contribution in [0.2, 0.25) is 0 Å². The van der Waals surface area contributed by atoms with E-state index in [1.807, 2.05) is 0 Å². The lowest BCUT2D eigenvalue weighted by Crippen LogP contribution is -1.91. The Morgan fingerprint density at radius 1 is 1.38 bits per heavy atom. The minimum absolute atomic E-state index is 0.729. The molecule has 0 fully saturated rings. The summed E-state index contributed by atoms with van der Waals surface area (Å²) in [5.74, 6) is 3.45. The van der Waals surface area contributed by atoms with Gasteiger partial charge in [0.25, 0.3) is 0 Å². The van der Waals surface area contributed by atoms with Crippen LogP contribution in [0.25, 0.3) is 0 Å². The van der Waals surface area contributed by atoms with Crippen LogP contribution in [0, 0.1) is 12.3 Å². The smallest absolute Gasteiger partial charge is 0.00918 e. The van der Waals surface area contributed by atoms with E-state index in [-0.39, 0.29) is 0 Å². The average molecular weight is 170 g/mol. The van der Waals surface area contributed by atoms with Crippen molar-refractivity contribution in [2.75, 3.05) is 0 Å². The molecule has 0 amide bonds. The van der Waals surface area contributed by atoms with E-state index in [2.05, 4.69) is 30.2 Å². The van der Waals surface area contributed by atoms with Crippen molar-refractivity contribution >= 4 is 0 Å². The van der Waals surface area contributed by atoms with E-state index in [1.165, 1.54) is 24.0 Å². The summed E-state index contributed by atoms with van der Waals surface area (Å²) in [6, 6.07) is 8.75. The number of terminal acetylenes is 1. The summed E-state index contributed by atoms with van der Waals surface area (Å²) in [6.45, 7) is 0. The average Bonchev–Trinajstić information content (AvgIpc) is 2.58. The van der Waals surface area contributed by atoms with E-state index in [0.29, 0.717) is 0 Å². The second-order valence-electron chi connectivity index (χ2n) is 3.68. The second kappa shape index (κ2) is 3.66. The Hall–Kier alpha value is -1.22. The quantitative estimate of drug-likeness (QED) is 0.598. The third-order valence-corrected chi connectivity index (χ3v) is 2.89. The molecule has 1 aromatic carbocycles. The Bertz CT molecular complexity index is 330. The fourth-order valence-corrected chi connectivity index (χ4v) is 2.20. The van der Waals surface area contributed by atoms with E-state index in [4.69, 9.17) is 6.42 Å². The molecule has 0 aliphatic heterocycles. The lowest BCUT2D eigenvalue weighted by molar-refractivity contribution is 0.632. The highest BCUT2D eigenvalue weighted by Gasteiger charge is 2.20. The Morgan fingerprint density at radius 2 is 2.23 bits per heavy atom. The fourth-order valence-electron chi connectivity index (χ4n) is 2.20. The number of fused-ring (bicyclic) bond motifs is 1. The molecule has 0 saturated carbocycles. The molecule has 0 N–H and O–H groups in total. The Balaban J connectivity index is 2.15. The molecule has 1 aliphatic rings. The zero-order valence-corrected chi connectivity index (χ0v) is 7.79. The molecule has 0 radical (unpaired) electrons. The molecule has 1 aliphatic carbocycles. The Kier molecular flexibility index (Phi) is 2.36. The molecule has 1 atom stereocenters. The Labute approximate surface area is 80.0 Å².